The third-order valence-electron chi connectivity index (χ3n) is 8.40. The van der Waals surface area contributed by atoms with Crippen LogP contribution in [0.3, 0.4) is 0 Å². The first kappa shape index (κ1) is 25.8. The molecule has 2 unspecified atom stereocenters. The molecule has 8 heteroatoms. The van der Waals surface area contributed by atoms with Crippen LogP contribution in [-0.4, -0.2) is 56.4 Å². The van der Waals surface area contributed by atoms with Crippen LogP contribution in [0.15, 0.2) is 48.5 Å². The molecule has 2 aromatic rings. The van der Waals surface area contributed by atoms with Gasteiger partial charge in [0.15, 0.2) is 0 Å². The van der Waals surface area contributed by atoms with E-state index >= 15 is 0 Å². The average molecular weight is 522 g/mol. The van der Waals surface area contributed by atoms with Crippen molar-refractivity contribution in [3.63, 3.8) is 0 Å². The van der Waals surface area contributed by atoms with Crippen molar-refractivity contribution in [1.82, 2.24) is 10.2 Å². The monoisotopic (exact) mass is 521 g/mol. The summed E-state index contributed by atoms with van der Waals surface area (Å²) < 4.78 is -1.09. The van der Waals surface area contributed by atoms with Gasteiger partial charge in [0, 0.05) is 30.1 Å². The van der Waals surface area contributed by atoms with E-state index in [1.165, 1.54) is 0 Å². The second kappa shape index (κ2) is 9.80. The van der Waals surface area contributed by atoms with Gasteiger partial charge < -0.3 is 20.6 Å². The number of benzene rings is 2. The molecule has 3 amide bonds. The molecular weight excluding hydrogens is 486 g/mol. The number of thioether (sulfide) groups is 1. The highest BCUT2D eigenvalue weighted by Crippen LogP contribution is 2.71. The van der Waals surface area contributed by atoms with Crippen LogP contribution < -0.4 is 10.6 Å². The van der Waals surface area contributed by atoms with Crippen molar-refractivity contribution in [1.29, 1.82) is 0 Å². The van der Waals surface area contributed by atoms with Crippen molar-refractivity contribution in [2.24, 2.45) is 11.8 Å². The molecular formula is C29H35N3O4S. The summed E-state index contributed by atoms with van der Waals surface area (Å²) in [7, 11) is 0. The summed E-state index contributed by atoms with van der Waals surface area (Å²) in [6, 6.07) is 14.9. The third-order valence-corrected chi connectivity index (χ3v) is 10.4. The average Bonchev–Trinajstić information content (AvgIpc) is 3.44. The molecule has 0 saturated carbocycles. The molecule has 37 heavy (non-hydrogen) atoms. The summed E-state index contributed by atoms with van der Waals surface area (Å²) in [5, 5.41) is 15.7. The molecule has 3 fully saturated rings. The lowest BCUT2D eigenvalue weighted by Crippen LogP contribution is -2.52. The van der Waals surface area contributed by atoms with Gasteiger partial charge in [-0.05, 0) is 56.7 Å². The van der Waals surface area contributed by atoms with Gasteiger partial charge in [-0.2, -0.15) is 0 Å². The van der Waals surface area contributed by atoms with E-state index in [1.54, 1.807) is 16.7 Å². The highest BCUT2D eigenvalue weighted by atomic mass is 32.2. The van der Waals surface area contributed by atoms with Crippen LogP contribution in [0.25, 0.3) is 0 Å². The van der Waals surface area contributed by atoms with Crippen molar-refractivity contribution in [3.8, 4) is 0 Å². The van der Waals surface area contributed by atoms with Gasteiger partial charge in [-0.1, -0.05) is 48.5 Å². The molecule has 5 rings (SSSR count). The van der Waals surface area contributed by atoms with E-state index < -0.39 is 27.4 Å². The Morgan fingerprint density at radius 3 is 2.43 bits per heavy atom. The molecule has 1 spiro atoms. The number of fused-ring (bicyclic) bond motifs is 1. The molecule has 3 aliphatic rings. The fourth-order valence-electron chi connectivity index (χ4n) is 6.71. The summed E-state index contributed by atoms with van der Waals surface area (Å²) in [6.07, 6.45) is 1.86. The van der Waals surface area contributed by atoms with E-state index in [2.05, 4.69) is 17.6 Å². The number of rotatable bonds is 8. The van der Waals surface area contributed by atoms with Crippen LogP contribution in [-0.2, 0) is 20.9 Å². The number of carbonyl (C=O) groups is 3. The van der Waals surface area contributed by atoms with Gasteiger partial charge in [-0.25, -0.2) is 0 Å². The first-order chi connectivity index (χ1) is 17.7. The van der Waals surface area contributed by atoms with Crippen LogP contribution in [0.1, 0.15) is 42.9 Å². The first-order valence-corrected chi connectivity index (χ1v) is 13.8. The minimum absolute atomic E-state index is 0.0709. The predicted octanol–water partition coefficient (Wildman–Crippen LogP) is 3.42. The second-order valence-electron chi connectivity index (χ2n) is 10.8. The first-order valence-electron chi connectivity index (χ1n) is 13.0. The van der Waals surface area contributed by atoms with Gasteiger partial charge in [-0.15, -0.1) is 11.8 Å². The highest BCUT2D eigenvalue weighted by molar-refractivity contribution is 8.02. The quantitative estimate of drug-likeness (QED) is 0.495. The summed E-state index contributed by atoms with van der Waals surface area (Å²) in [5.74, 6) is -1.58. The maximum Gasteiger partial charge on any atom is 0.248 e. The number of carbonyl (C=O) groups excluding carboxylic acids is 3. The number of aryl methyl sites for hydroxylation is 2. The number of aliphatic hydroxyl groups excluding tert-OH is 1. The normalized spacial score (nSPS) is 29.9. The van der Waals surface area contributed by atoms with Gasteiger partial charge in [0.05, 0.1) is 16.6 Å². The largest absolute Gasteiger partial charge is 0.396 e. The molecule has 2 bridgehead atoms. The molecule has 3 N–H and O–H groups in total. The van der Waals surface area contributed by atoms with E-state index in [-0.39, 0.29) is 30.9 Å². The minimum Gasteiger partial charge on any atom is -0.396 e. The summed E-state index contributed by atoms with van der Waals surface area (Å²) >= 11 is 1.66. The number of para-hydroxylation sites is 1. The van der Waals surface area contributed by atoms with Crippen molar-refractivity contribution < 1.29 is 19.5 Å². The molecule has 3 aliphatic heterocycles. The lowest BCUT2D eigenvalue weighted by Gasteiger charge is -2.35. The highest BCUT2D eigenvalue weighted by Gasteiger charge is 2.77. The number of hydrogen-bond donors (Lipinski definition) is 3. The van der Waals surface area contributed by atoms with E-state index in [9.17, 15) is 19.5 Å². The van der Waals surface area contributed by atoms with E-state index in [4.69, 9.17) is 0 Å². The summed E-state index contributed by atoms with van der Waals surface area (Å²) in [4.78, 5) is 43.2. The Kier molecular flexibility index (Phi) is 6.83. The van der Waals surface area contributed by atoms with Crippen molar-refractivity contribution in [2.75, 3.05) is 18.5 Å². The van der Waals surface area contributed by atoms with Gasteiger partial charge in [0.2, 0.25) is 17.7 Å². The third kappa shape index (κ3) is 4.24. The number of likely N-dealkylation sites (tertiary alicyclic amines) is 1. The molecule has 3 heterocycles. The maximum absolute atomic E-state index is 14.0. The summed E-state index contributed by atoms with van der Waals surface area (Å²) in [6.45, 7) is 6.60. The second-order valence-corrected chi connectivity index (χ2v) is 12.7. The lowest BCUT2D eigenvalue weighted by molar-refractivity contribution is -0.140. The maximum atomic E-state index is 14.0. The molecule has 7 nitrogen and oxygen atoms in total. The Hall–Kier alpha value is -2.84. The topological polar surface area (TPSA) is 98.7 Å². The Morgan fingerprint density at radius 2 is 1.76 bits per heavy atom. The zero-order valence-corrected chi connectivity index (χ0v) is 22.4. The van der Waals surface area contributed by atoms with Crippen LogP contribution in [0.4, 0.5) is 5.69 Å². The van der Waals surface area contributed by atoms with Crippen LogP contribution >= 0.6 is 11.8 Å². The lowest BCUT2D eigenvalue weighted by atomic mass is 9.66. The molecule has 0 aliphatic carbocycles. The van der Waals surface area contributed by atoms with Crippen molar-refractivity contribution in [2.45, 2.75) is 62.1 Å². The van der Waals surface area contributed by atoms with Gasteiger partial charge in [0.1, 0.15) is 6.04 Å². The summed E-state index contributed by atoms with van der Waals surface area (Å²) in [5.41, 5.74) is 3.69. The van der Waals surface area contributed by atoms with E-state index in [1.807, 2.05) is 62.4 Å². The van der Waals surface area contributed by atoms with Gasteiger partial charge in [-0.3, -0.25) is 14.4 Å². The van der Waals surface area contributed by atoms with Gasteiger partial charge in [0.25, 0.3) is 0 Å². The number of nitrogens with zero attached hydrogens (tertiary/aromatic N) is 1. The van der Waals surface area contributed by atoms with Crippen molar-refractivity contribution >= 4 is 35.2 Å². The number of aliphatic hydroxyl groups is 1. The fourth-order valence-corrected chi connectivity index (χ4v) is 9.06. The Bertz CT molecular complexity index is 1200. The molecule has 2 aromatic carbocycles. The zero-order chi connectivity index (χ0) is 26.4. The molecule has 5 atom stereocenters. The number of hydrogen-bond acceptors (Lipinski definition) is 5. The smallest absolute Gasteiger partial charge is 0.248 e. The number of anilines is 1. The van der Waals surface area contributed by atoms with Crippen LogP contribution in [0.2, 0.25) is 0 Å². The standard InChI is InChI=1S/C29H35N3O4S/c1-18-9-7-10-19(2)23(18)31-26(35)24-29-14-13-28(3,37-29)21(22(29)27(36)32(24)15-8-16-33)25(34)30-17-20-11-5-4-6-12-20/h4-7,9-12,21-22,24,33H,8,13-17H2,1-3H3,(H,30,34)(H,31,35)/t21-,22+,24?,28+,29?/m1/s1. The van der Waals surface area contributed by atoms with Crippen LogP contribution in [0, 0.1) is 25.7 Å². The SMILES string of the molecule is Cc1cccc(C)c1NC(=O)C1N(CCCO)C(=O)[C@@H]2[C@H](C(=O)NCc3ccccc3)[C@]3(C)CCC12S3. The predicted molar refractivity (Wildman–Crippen MR) is 145 cm³/mol. The molecule has 196 valence electrons. The zero-order valence-electron chi connectivity index (χ0n) is 21.6. The van der Waals surface area contributed by atoms with Crippen molar-refractivity contribution in [3.05, 3.63) is 65.2 Å². The van der Waals surface area contributed by atoms with E-state index in [0.29, 0.717) is 19.4 Å². The van der Waals surface area contributed by atoms with Crippen LogP contribution in [0.5, 0.6) is 0 Å². The minimum atomic E-state index is -0.700. The fraction of sp³-hybridized carbons (Fsp3) is 0.483. The Balaban J connectivity index is 1.46. The molecule has 3 saturated heterocycles. The van der Waals surface area contributed by atoms with Gasteiger partial charge >= 0.3 is 0 Å². The van der Waals surface area contributed by atoms with E-state index in [0.717, 1.165) is 28.8 Å². The Morgan fingerprint density at radius 1 is 1.05 bits per heavy atom. The number of nitrogens with one attached hydrogen (secondary N) is 2. The molecule has 0 aromatic heterocycles. The Labute approximate surface area is 222 Å². The molecule has 0 radical (unpaired) electrons. The number of amides is 3.